The summed E-state index contributed by atoms with van der Waals surface area (Å²) in [6.07, 6.45) is -0.607. The maximum Gasteiger partial charge on any atom is 0.217 e. The summed E-state index contributed by atoms with van der Waals surface area (Å²) in [6.45, 7) is 4.49. The molecule has 2 unspecified atom stereocenters. The predicted octanol–water partition coefficient (Wildman–Crippen LogP) is 1.50. The molecule has 0 aromatic carbocycles. The quantitative estimate of drug-likeness (QED) is 0.527. The summed E-state index contributed by atoms with van der Waals surface area (Å²) in [7, 11) is 0. The number of aliphatic hydroxyl groups is 1. The van der Waals surface area contributed by atoms with Crippen molar-refractivity contribution in [3.8, 4) is 0 Å². The maximum absolute atomic E-state index is 9.25. The number of hydrogen-bond acceptors (Lipinski definition) is 4. The Morgan fingerprint density at radius 1 is 1.33 bits per heavy atom. The minimum absolute atomic E-state index is 0.140. The highest BCUT2D eigenvalue weighted by atomic mass is 32.1. The predicted molar refractivity (Wildman–Crippen MR) is 77.0 cm³/mol. The number of ether oxygens (including phenoxy) is 1. The van der Waals surface area contributed by atoms with Crippen LogP contribution in [0.2, 0.25) is 0 Å². The lowest BCUT2D eigenvalue weighted by Crippen LogP contribution is -2.38. The Balaban J connectivity index is 4.16. The van der Waals surface area contributed by atoms with E-state index in [4.69, 9.17) is 29.2 Å². The van der Waals surface area contributed by atoms with Crippen molar-refractivity contribution in [2.24, 2.45) is 0 Å². The molecule has 0 aromatic rings. The SMILES string of the molecule is CC(O)CN(CC(C)OC(=S)S)C(=S)S. The van der Waals surface area contributed by atoms with E-state index in [-0.39, 0.29) is 10.5 Å². The van der Waals surface area contributed by atoms with Crippen LogP contribution in [0.1, 0.15) is 13.8 Å². The van der Waals surface area contributed by atoms with Gasteiger partial charge in [-0.3, -0.25) is 0 Å². The van der Waals surface area contributed by atoms with Gasteiger partial charge in [-0.05, 0) is 26.1 Å². The average Bonchev–Trinajstić information content (AvgIpc) is 1.99. The third kappa shape index (κ3) is 8.27. The fourth-order valence-electron chi connectivity index (χ4n) is 1.07. The van der Waals surface area contributed by atoms with Gasteiger partial charge in [0.15, 0.2) is 0 Å². The first-order valence-electron chi connectivity index (χ1n) is 4.38. The molecule has 7 heteroatoms. The highest BCUT2D eigenvalue weighted by Crippen LogP contribution is 2.04. The Labute approximate surface area is 112 Å². The summed E-state index contributed by atoms with van der Waals surface area (Å²) in [5.74, 6) is 0. The monoisotopic (exact) mass is 285 g/mol. The Morgan fingerprint density at radius 3 is 2.20 bits per heavy atom. The van der Waals surface area contributed by atoms with Gasteiger partial charge in [-0.25, -0.2) is 0 Å². The van der Waals surface area contributed by atoms with Gasteiger partial charge < -0.3 is 14.7 Å². The lowest BCUT2D eigenvalue weighted by Gasteiger charge is -2.27. The molecule has 0 aliphatic rings. The van der Waals surface area contributed by atoms with Gasteiger partial charge in [0.2, 0.25) is 4.38 Å². The van der Waals surface area contributed by atoms with Crippen LogP contribution >= 0.6 is 49.7 Å². The van der Waals surface area contributed by atoms with Crippen molar-refractivity contribution < 1.29 is 9.84 Å². The smallest absolute Gasteiger partial charge is 0.217 e. The average molecular weight is 285 g/mol. The molecule has 0 fully saturated rings. The van der Waals surface area contributed by atoms with Gasteiger partial charge in [0.05, 0.1) is 12.6 Å². The molecule has 0 spiro atoms. The first kappa shape index (κ1) is 15.4. The van der Waals surface area contributed by atoms with Gasteiger partial charge >= 0.3 is 0 Å². The van der Waals surface area contributed by atoms with Gasteiger partial charge in [0.25, 0.3) is 0 Å². The van der Waals surface area contributed by atoms with Crippen molar-refractivity contribution >= 4 is 58.4 Å². The molecule has 0 heterocycles. The van der Waals surface area contributed by atoms with Crippen LogP contribution in [0.25, 0.3) is 0 Å². The van der Waals surface area contributed by atoms with E-state index in [1.807, 2.05) is 6.92 Å². The van der Waals surface area contributed by atoms with E-state index < -0.39 is 6.10 Å². The fraction of sp³-hybridized carbons (Fsp3) is 0.750. The topological polar surface area (TPSA) is 32.7 Å². The first-order valence-corrected chi connectivity index (χ1v) is 6.09. The number of thiol groups is 2. The summed E-state index contributed by atoms with van der Waals surface area (Å²) >= 11 is 17.6. The van der Waals surface area contributed by atoms with Gasteiger partial charge in [-0.1, -0.05) is 24.8 Å². The minimum Gasteiger partial charge on any atom is -0.474 e. The van der Waals surface area contributed by atoms with Crippen molar-refractivity contribution in [1.82, 2.24) is 4.90 Å². The molecule has 2 atom stereocenters. The number of nitrogens with zero attached hydrogens (tertiary/aromatic N) is 1. The molecule has 0 saturated heterocycles. The van der Waals surface area contributed by atoms with Crippen LogP contribution in [0.4, 0.5) is 0 Å². The van der Waals surface area contributed by atoms with Crippen LogP contribution in [0.15, 0.2) is 0 Å². The van der Waals surface area contributed by atoms with Crippen LogP contribution < -0.4 is 0 Å². The molecule has 0 aromatic heterocycles. The van der Waals surface area contributed by atoms with E-state index in [9.17, 15) is 5.11 Å². The van der Waals surface area contributed by atoms with Gasteiger partial charge in [0, 0.05) is 6.54 Å². The van der Waals surface area contributed by atoms with E-state index >= 15 is 0 Å². The molecular formula is C8H15NO2S4. The number of rotatable bonds is 5. The Morgan fingerprint density at radius 2 is 1.87 bits per heavy atom. The summed E-state index contributed by atoms with van der Waals surface area (Å²) in [5.41, 5.74) is 0. The molecule has 0 radical (unpaired) electrons. The first-order chi connectivity index (χ1) is 6.82. The van der Waals surface area contributed by atoms with Gasteiger partial charge in [-0.2, -0.15) is 0 Å². The summed E-state index contributed by atoms with van der Waals surface area (Å²) in [5, 5.41) is 9.25. The Bertz CT molecular complexity index is 235. The molecule has 3 nitrogen and oxygen atoms in total. The van der Waals surface area contributed by atoms with Crippen LogP contribution in [-0.2, 0) is 4.74 Å². The molecule has 0 aliphatic heterocycles. The normalized spacial score (nSPS) is 14.2. The summed E-state index contributed by atoms with van der Waals surface area (Å²) < 4.78 is 5.82. The van der Waals surface area contributed by atoms with E-state index in [1.54, 1.807) is 11.8 Å². The summed E-state index contributed by atoms with van der Waals surface area (Å²) in [6, 6.07) is 0. The number of thiocarbonyl (C=S) groups is 2. The molecule has 0 rings (SSSR count). The van der Waals surface area contributed by atoms with Gasteiger partial charge in [-0.15, -0.1) is 12.6 Å². The molecular weight excluding hydrogens is 270 g/mol. The second-order valence-corrected chi connectivity index (χ2v) is 5.42. The molecule has 0 saturated carbocycles. The zero-order valence-electron chi connectivity index (χ0n) is 8.58. The van der Waals surface area contributed by atoms with E-state index in [0.717, 1.165) is 0 Å². The number of aliphatic hydroxyl groups excluding tert-OH is 1. The van der Waals surface area contributed by atoms with Crippen molar-refractivity contribution in [2.75, 3.05) is 13.1 Å². The molecule has 0 aliphatic carbocycles. The standard InChI is InChI=1S/C8H15NO2S4/c1-5(10)3-9(7(12)13)4-6(2)11-8(14)15/h5-6,10H,3-4H2,1-2H3,(H,12,13)(H,14,15). The van der Waals surface area contributed by atoms with E-state index in [1.165, 1.54) is 0 Å². The molecule has 1 N–H and O–H groups in total. The van der Waals surface area contributed by atoms with E-state index in [0.29, 0.717) is 17.4 Å². The Kier molecular flexibility index (Phi) is 7.90. The summed E-state index contributed by atoms with van der Waals surface area (Å²) in [4.78, 5) is 1.75. The largest absolute Gasteiger partial charge is 0.474 e. The minimum atomic E-state index is -0.467. The van der Waals surface area contributed by atoms with Crippen molar-refractivity contribution in [3.63, 3.8) is 0 Å². The lowest BCUT2D eigenvalue weighted by atomic mass is 10.3. The maximum atomic E-state index is 9.25. The van der Waals surface area contributed by atoms with E-state index in [2.05, 4.69) is 25.3 Å². The van der Waals surface area contributed by atoms with Crippen LogP contribution in [0, 0.1) is 0 Å². The number of hydrogen-bond donors (Lipinski definition) is 3. The van der Waals surface area contributed by atoms with Crippen LogP contribution in [-0.4, -0.2) is 44.0 Å². The van der Waals surface area contributed by atoms with Gasteiger partial charge in [0.1, 0.15) is 10.4 Å². The fourth-order valence-corrected chi connectivity index (χ4v) is 1.73. The highest BCUT2D eigenvalue weighted by molar-refractivity contribution is 8.11. The molecule has 15 heavy (non-hydrogen) atoms. The zero-order valence-corrected chi connectivity index (χ0v) is 12.0. The van der Waals surface area contributed by atoms with Crippen molar-refractivity contribution in [1.29, 1.82) is 0 Å². The van der Waals surface area contributed by atoms with Crippen molar-refractivity contribution in [3.05, 3.63) is 0 Å². The zero-order chi connectivity index (χ0) is 12.0. The second kappa shape index (κ2) is 7.67. The molecule has 88 valence electrons. The van der Waals surface area contributed by atoms with Crippen LogP contribution in [0.5, 0.6) is 0 Å². The molecule has 0 bridgehead atoms. The van der Waals surface area contributed by atoms with Crippen molar-refractivity contribution in [2.45, 2.75) is 26.1 Å². The second-order valence-electron chi connectivity index (χ2n) is 3.23. The highest BCUT2D eigenvalue weighted by Gasteiger charge is 2.14. The molecule has 0 amide bonds. The Hall–Kier alpha value is 0.440. The lowest BCUT2D eigenvalue weighted by molar-refractivity contribution is 0.131. The third-order valence-electron chi connectivity index (χ3n) is 1.53. The third-order valence-corrected chi connectivity index (χ3v) is 2.28. The van der Waals surface area contributed by atoms with Crippen LogP contribution in [0.3, 0.4) is 0 Å².